The minimum Gasteiger partial charge on any atom is -0.353 e. The van der Waals surface area contributed by atoms with Gasteiger partial charge in [0.1, 0.15) is 12.4 Å². The molecule has 2 amide bonds. The van der Waals surface area contributed by atoms with Crippen molar-refractivity contribution in [2.75, 3.05) is 37.6 Å². The maximum atomic E-state index is 13.4. The average Bonchev–Trinajstić information content (AvgIpc) is 3.26. The smallest absolute Gasteiger partial charge is 0.353 e. The summed E-state index contributed by atoms with van der Waals surface area (Å²) in [5.41, 5.74) is 7.07. The van der Waals surface area contributed by atoms with Gasteiger partial charge in [-0.15, -0.1) is 0 Å². The molecule has 11 heteroatoms. The van der Waals surface area contributed by atoms with Crippen molar-refractivity contribution in [2.24, 2.45) is 11.8 Å². The molecule has 4 fully saturated rings. The number of aromatic nitrogens is 1. The molecule has 0 radical (unpaired) electrons. The number of piperidine rings is 1. The highest BCUT2D eigenvalue weighted by Gasteiger charge is 2.54. The number of hydrogen-bond acceptors (Lipinski definition) is 6. The number of alkyl halides is 3. The van der Waals surface area contributed by atoms with Crippen LogP contribution in [0.1, 0.15) is 30.7 Å². The van der Waals surface area contributed by atoms with Gasteiger partial charge in [-0.25, -0.2) is 4.98 Å². The lowest BCUT2D eigenvalue weighted by Gasteiger charge is -2.50. The summed E-state index contributed by atoms with van der Waals surface area (Å²) in [5, 5.41) is 2.80. The second-order valence-electron chi connectivity index (χ2n) is 9.17. The molecule has 8 nitrogen and oxygen atoms in total. The first-order valence-electron chi connectivity index (χ1n) is 11.1. The Kier molecular flexibility index (Phi) is 5.48. The number of carbonyl (C=O) groups excluding carboxylic acids is 2. The summed E-state index contributed by atoms with van der Waals surface area (Å²) >= 11 is 0. The fourth-order valence-corrected chi connectivity index (χ4v) is 5.97. The normalized spacial score (nSPS) is 33.0. The number of hydrazine groups is 1. The predicted molar refractivity (Wildman–Crippen MR) is 110 cm³/mol. The summed E-state index contributed by atoms with van der Waals surface area (Å²) in [6.45, 7) is 0.511. The third-order valence-corrected chi connectivity index (χ3v) is 7.30. The fraction of sp³-hybridized carbons (Fsp3) is 0.667. The Hall–Kier alpha value is -2.40. The van der Waals surface area contributed by atoms with E-state index in [0.29, 0.717) is 31.9 Å². The van der Waals surface area contributed by atoms with Crippen LogP contribution in [0, 0.1) is 11.8 Å². The lowest BCUT2D eigenvalue weighted by Crippen LogP contribution is -2.63. The molecule has 5 atom stereocenters. The summed E-state index contributed by atoms with van der Waals surface area (Å²) in [4.78, 5) is 32.4. The standard InChI is InChI=1S/C21H27F3N6O2/c22-21(23,24)11-30-16-8-12(3-4-14(16)18-15(20(30)32)9-27-28-18)13-2-1-5-26-19(13)29-7-6-25-17(31)10-29/h1-2,5,12,14-16,18,27-28H,3-4,6-11H2,(H,25,31). The largest absolute Gasteiger partial charge is 0.406 e. The molecule has 1 aromatic heterocycles. The summed E-state index contributed by atoms with van der Waals surface area (Å²) in [7, 11) is 0. The molecule has 3 N–H and O–H groups in total. The van der Waals surface area contributed by atoms with E-state index in [-0.39, 0.29) is 30.3 Å². The van der Waals surface area contributed by atoms with Crippen LogP contribution in [0.3, 0.4) is 0 Å². The van der Waals surface area contributed by atoms with Gasteiger partial charge in [0.25, 0.3) is 0 Å². The van der Waals surface area contributed by atoms with Crippen molar-refractivity contribution in [2.45, 2.75) is 43.4 Å². The highest BCUT2D eigenvalue weighted by molar-refractivity contribution is 5.83. The van der Waals surface area contributed by atoms with E-state index in [0.717, 1.165) is 23.3 Å². The number of nitrogens with zero attached hydrogens (tertiary/aromatic N) is 3. The van der Waals surface area contributed by atoms with Crippen LogP contribution >= 0.6 is 0 Å². The SMILES string of the molecule is O=C1CN(c2ncccc2C2CCC3C4NNCC4C(=O)N(CC(F)(F)F)C3C2)CCN1. The number of carbonyl (C=O) groups is 2. The van der Waals surface area contributed by atoms with Gasteiger partial charge in [0.15, 0.2) is 0 Å². The highest BCUT2D eigenvalue weighted by Crippen LogP contribution is 2.46. The van der Waals surface area contributed by atoms with Gasteiger partial charge in [-0.3, -0.25) is 20.4 Å². The number of fused-ring (bicyclic) bond motifs is 3. The van der Waals surface area contributed by atoms with Gasteiger partial charge in [-0.05, 0) is 42.7 Å². The van der Waals surface area contributed by atoms with E-state index in [1.54, 1.807) is 6.20 Å². The monoisotopic (exact) mass is 452 g/mol. The van der Waals surface area contributed by atoms with E-state index in [4.69, 9.17) is 0 Å². The molecule has 5 rings (SSSR count). The maximum absolute atomic E-state index is 13.4. The average molecular weight is 452 g/mol. The van der Waals surface area contributed by atoms with Crippen molar-refractivity contribution < 1.29 is 22.8 Å². The first-order valence-corrected chi connectivity index (χ1v) is 11.1. The Morgan fingerprint density at radius 1 is 1.22 bits per heavy atom. The van der Waals surface area contributed by atoms with Crippen LogP contribution in [0.2, 0.25) is 0 Å². The van der Waals surface area contributed by atoms with Gasteiger partial charge in [0.2, 0.25) is 11.8 Å². The zero-order valence-electron chi connectivity index (χ0n) is 17.6. The molecule has 0 aromatic carbocycles. The lowest BCUT2D eigenvalue weighted by atomic mass is 9.67. The maximum Gasteiger partial charge on any atom is 0.406 e. The van der Waals surface area contributed by atoms with Gasteiger partial charge in [-0.2, -0.15) is 13.2 Å². The van der Waals surface area contributed by atoms with Crippen molar-refractivity contribution in [3.63, 3.8) is 0 Å². The van der Waals surface area contributed by atoms with Crippen LogP contribution in [0.5, 0.6) is 0 Å². The Bertz CT molecular complexity index is 897. The molecule has 3 aliphatic heterocycles. The molecule has 4 aliphatic rings. The number of rotatable bonds is 3. The summed E-state index contributed by atoms with van der Waals surface area (Å²) < 4.78 is 40.2. The molecule has 174 valence electrons. The minimum atomic E-state index is -4.44. The van der Waals surface area contributed by atoms with Crippen molar-refractivity contribution in [1.82, 2.24) is 26.1 Å². The second-order valence-corrected chi connectivity index (χ2v) is 9.17. The molecule has 0 spiro atoms. The number of amides is 2. The van der Waals surface area contributed by atoms with Crippen molar-refractivity contribution in [3.8, 4) is 0 Å². The van der Waals surface area contributed by atoms with Crippen LogP contribution in [-0.4, -0.2) is 72.7 Å². The molecule has 1 aliphatic carbocycles. The molecule has 1 saturated carbocycles. The third-order valence-electron chi connectivity index (χ3n) is 7.30. The zero-order valence-corrected chi connectivity index (χ0v) is 17.6. The Balaban J connectivity index is 1.43. The molecule has 4 heterocycles. The van der Waals surface area contributed by atoms with E-state index in [1.165, 1.54) is 0 Å². The van der Waals surface area contributed by atoms with Gasteiger partial charge in [0.05, 0.1) is 12.5 Å². The molecule has 32 heavy (non-hydrogen) atoms. The zero-order chi connectivity index (χ0) is 22.5. The van der Waals surface area contributed by atoms with Gasteiger partial charge in [0, 0.05) is 37.9 Å². The van der Waals surface area contributed by atoms with Crippen molar-refractivity contribution >= 4 is 17.6 Å². The van der Waals surface area contributed by atoms with Crippen LogP contribution < -0.4 is 21.1 Å². The van der Waals surface area contributed by atoms with Crippen LogP contribution in [0.25, 0.3) is 0 Å². The van der Waals surface area contributed by atoms with Crippen LogP contribution in [-0.2, 0) is 9.59 Å². The molecule has 1 aromatic rings. The molecular weight excluding hydrogens is 425 g/mol. The van der Waals surface area contributed by atoms with Gasteiger partial charge < -0.3 is 15.1 Å². The Morgan fingerprint density at radius 2 is 2.06 bits per heavy atom. The number of hydrogen-bond donors (Lipinski definition) is 3. The van der Waals surface area contributed by atoms with Crippen LogP contribution in [0.15, 0.2) is 18.3 Å². The van der Waals surface area contributed by atoms with Gasteiger partial charge >= 0.3 is 6.18 Å². The fourth-order valence-electron chi connectivity index (χ4n) is 5.97. The number of piperazine rings is 1. The quantitative estimate of drug-likeness (QED) is 0.628. The third kappa shape index (κ3) is 3.92. The highest BCUT2D eigenvalue weighted by atomic mass is 19.4. The molecular formula is C21H27F3N6O2. The Labute approximate surface area is 183 Å². The molecule has 0 bridgehead atoms. The van der Waals surface area contributed by atoms with E-state index in [9.17, 15) is 22.8 Å². The summed E-state index contributed by atoms with van der Waals surface area (Å²) in [6, 6.07) is 3.15. The first kappa shape index (κ1) is 21.4. The predicted octanol–water partition coefficient (Wildman–Crippen LogP) is 0.767. The first-order chi connectivity index (χ1) is 15.3. The molecule has 5 unspecified atom stereocenters. The lowest BCUT2D eigenvalue weighted by molar-refractivity contribution is -0.178. The number of nitrogens with one attached hydrogen (secondary N) is 3. The Morgan fingerprint density at radius 3 is 2.84 bits per heavy atom. The van der Waals surface area contributed by atoms with E-state index < -0.39 is 30.6 Å². The van der Waals surface area contributed by atoms with Gasteiger partial charge in [-0.1, -0.05) is 6.07 Å². The number of anilines is 1. The van der Waals surface area contributed by atoms with E-state index in [1.807, 2.05) is 17.0 Å². The second kappa shape index (κ2) is 8.18. The number of likely N-dealkylation sites (tertiary alicyclic amines) is 1. The van der Waals surface area contributed by atoms with E-state index >= 15 is 0 Å². The van der Waals surface area contributed by atoms with Crippen molar-refractivity contribution in [1.29, 1.82) is 0 Å². The summed E-state index contributed by atoms with van der Waals surface area (Å²) in [6.07, 6.45) is -0.785. The molecule has 3 saturated heterocycles. The summed E-state index contributed by atoms with van der Waals surface area (Å²) in [5.74, 6) is -0.307. The van der Waals surface area contributed by atoms with Crippen molar-refractivity contribution in [3.05, 3.63) is 23.9 Å². The number of pyridine rings is 1. The topological polar surface area (TPSA) is 89.6 Å². The van der Waals surface area contributed by atoms with E-state index in [2.05, 4.69) is 21.2 Å². The van der Waals surface area contributed by atoms with Crippen LogP contribution in [0.4, 0.5) is 19.0 Å². The number of halogens is 3. The minimum absolute atomic E-state index is 0.0283.